The van der Waals surface area contributed by atoms with Gasteiger partial charge in [0.15, 0.2) is 0 Å². The van der Waals surface area contributed by atoms with Crippen molar-refractivity contribution in [2.24, 2.45) is 4.99 Å². The van der Waals surface area contributed by atoms with E-state index in [1.54, 1.807) is 19.4 Å². The zero-order chi connectivity index (χ0) is 21.3. The summed E-state index contributed by atoms with van der Waals surface area (Å²) in [6.45, 7) is 6.35. The van der Waals surface area contributed by atoms with Gasteiger partial charge in [-0.1, -0.05) is 43.3 Å². The second-order valence-electron chi connectivity index (χ2n) is 6.96. The molecule has 0 aromatic heterocycles. The molecule has 0 saturated carbocycles. The molecule has 0 aliphatic heterocycles. The summed E-state index contributed by atoms with van der Waals surface area (Å²) in [6, 6.07) is 21.3. The van der Waals surface area contributed by atoms with E-state index >= 15 is 0 Å². The Hall–Kier alpha value is -3.53. The van der Waals surface area contributed by atoms with Crippen LogP contribution in [0.1, 0.15) is 36.0 Å². The lowest BCUT2D eigenvalue weighted by atomic mass is 9.91. The van der Waals surface area contributed by atoms with Crippen LogP contribution in [-0.4, -0.2) is 25.0 Å². The van der Waals surface area contributed by atoms with E-state index < -0.39 is 0 Å². The van der Waals surface area contributed by atoms with Crippen LogP contribution >= 0.6 is 0 Å². The lowest BCUT2D eigenvalue weighted by Gasteiger charge is -2.17. The Bertz CT molecular complexity index is 995. The number of phenolic OH excluding ortho intramolecular Hbond substituents is 1. The monoisotopic (exact) mass is 401 g/mol. The van der Waals surface area contributed by atoms with Crippen molar-refractivity contribution in [2.75, 3.05) is 13.7 Å². The van der Waals surface area contributed by atoms with Crippen LogP contribution < -0.4 is 9.47 Å². The summed E-state index contributed by atoms with van der Waals surface area (Å²) in [5, 5.41) is 10.9. The molecule has 0 aliphatic carbocycles. The van der Waals surface area contributed by atoms with E-state index in [0.717, 1.165) is 29.0 Å². The predicted octanol–water partition coefficient (Wildman–Crippen LogP) is 6.26. The molecule has 0 spiro atoms. The van der Waals surface area contributed by atoms with Crippen LogP contribution in [0.2, 0.25) is 0 Å². The Morgan fingerprint density at radius 1 is 1.03 bits per heavy atom. The van der Waals surface area contributed by atoms with Crippen LogP contribution in [0, 0.1) is 0 Å². The SMILES string of the molecule is C=CCCOc1ccc(N=Cc2cc(OC)cc(C(C)c3ccccc3)c2O)cc1. The molecular weight excluding hydrogens is 374 g/mol. The molecule has 0 bridgehead atoms. The highest BCUT2D eigenvalue weighted by Gasteiger charge is 2.17. The second-order valence-corrected chi connectivity index (χ2v) is 6.96. The van der Waals surface area contributed by atoms with E-state index in [-0.39, 0.29) is 11.7 Å². The Morgan fingerprint density at radius 2 is 1.77 bits per heavy atom. The standard InChI is InChI=1S/C26H27NO3/c1-4-5-15-30-23-13-11-22(12-14-23)27-18-21-16-24(29-3)17-25(26(21)28)19(2)20-9-7-6-8-10-20/h4,6-14,16-19,28H,1,5,15H2,2-3H3. The van der Waals surface area contributed by atoms with E-state index in [9.17, 15) is 5.11 Å². The number of phenols is 1. The highest BCUT2D eigenvalue weighted by molar-refractivity contribution is 5.87. The first-order chi connectivity index (χ1) is 14.6. The average molecular weight is 402 g/mol. The molecule has 154 valence electrons. The molecule has 0 heterocycles. The van der Waals surface area contributed by atoms with E-state index in [0.29, 0.717) is 17.9 Å². The van der Waals surface area contributed by atoms with Crippen molar-refractivity contribution >= 4 is 11.9 Å². The van der Waals surface area contributed by atoms with Crippen LogP contribution in [0.4, 0.5) is 5.69 Å². The summed E-state index contributed by atoms with van der Waals surface area (Å²) in [6.07, 6.45) is 4.29. The van der Waals surface area contributed by atoms with Gasteiger partial charge in [0.1, 0.15) is 17.2 Å². The lowest BCUT2D eigenvalue weighted by Crippen LogP contribution is -2.00. The van der Waals surface area contributed by atoms with Gasteiger partial charge >= 0.3 is 0 Å². The van der Waals surface area contributed by atoms with Crippen molar-refractivity contribution in [3.63, 3.8) is 0 Å². The largest absolute Gasteiger partial charge is 0.507 e. The van der Waals surface area contributed by atoms with Crippen molar-refractivity contribution in [2.45, 2.75) is 19.3 Å². The molecule has 0 amide bonds. The Kier molecular flexibility index (Phi) is 7.28. The predicted molar refractivity (Wildman–Crippen MR) is 123 cm³/mol. The number of nitrogens with zero attached hydrogens (tertiary/aromatic N) is 1. The van der Waals surface area contributed by atoms with E-state index in [1.165, 1.54) is 0 Å². The number of ether oxygens (including phenoxy) is 2. The summed E-state index contributed by atoms with van der Waals surface area (Å²) < 4.78 is 11.1. The number of hydrogen-bond donors (Lipinski definition) is 1. The molecule has 3 aromatic carbocycles. The third kappa shape index (κ3) is 5.29. The zero-order valence-electron chi connectivity index (χ0n) is 17.4. The Morgan fingerprint density at radius 3 is 2.43 bits per heavy atom. The summed E-state index contributed by atoms with van der Waals surface area (Å²) in [4.78, 5) is 4.51. The Balaban J connectivity index is 1.84. The molecule has 4 nitrogen and oxygen atoms in total. The fourth-order valence-electron chi connectivity index (χ4n) is 3.15. The smallest absolute Gasteiger partial charge is 0.128 e. The number of rotatable bonds is 9. The average Bonchev–Trinajstić information content (AvgIpc) is 2.79. The molecule has 0 fully saturated rings. The number of methoxy groups -OCH3 is 1. The molecule has 4 heteroatoms. The van der Waals surface area contributed by atoms with E-state index in [4.69, 9.17) is 9.47 Å². The van der Waals surface area contributed by atoms with Crippen LogP contribution in [0.5, 0.6) is 17.2 Å². The zero-order valence-corrected chi connectivity index (χ0v) is 17.4. The van der Waals surface area contributed by atoms with Gasteiger partial charge in [0.05, 0.1) is 19.4 Å². The minimum atomic E-state index is 0.0143. The van der Waals surface area contributed by atoms with Crippen molar-refractivity contribution in [3.05, 3.63) is 96.1 Å². The van der Waals surface area contributed by atoms with Crippen LogP contribution in [0.15, 0.2) is 84.4 Å². The van der Waals surface area contributed by atoms with Crippen molar-refractivity contribution in [1.29, 1.82) is 0 Å². The van der Waals surface area contributed by atoms with E-state index in [1.807, 2.05) is 54.6 Å². The summed E-state index contributed by atoms with van der Waals surface area (Å²) in [7, 11) is 1.62. The molecular formula is C26H27NO3. The summed E-state index contributed by atoms with van der Waals surface area (Å²) >= 11 is 0. The molecule has 0 saturated heterocycles. The van der Waals surface area contributed by atoms with Gasteiger partial charge in [-0.2, -0.15) is 0 Å². The molecule has 0 aliphatic rings. The fourth-order valence-corrected chi connectivity index (χ4v) is 3.15. The first-order valence-electron chi connectivity index (χ1n) is 9.96. The van der Waals surface area contributed by atoms with Gasteiger partial charge in [-0.3, -0.25) is 4.99 Å². The van der Waals surface area contributed by atoms with Gasteiger partial charge in [0.2, 0.25) is 0 Å². The highest BCUT2D eigenvalue weighted by Crippen LogP contribution is 2.36. The molecule has 3 aromatic rings. The number of hydrogen-bond acceptors (Lipinski definition) is 4. The van der Waals surface area contributed by atoms with E-state index in [2.05, 4.69) is 30.6 Å². The fraction of sp³-hybridized carbons (Fsp3) is 0.192. The summed E-state index contributed by atoms with van der Waals surface area (Å²) in [5.41, 5.74) is 3.30. The quantitative estimate of drug-likeness (QED) is 0.262. The third-order valence-electron chi connectivity index (χ3n) is 4.92. The third-order valence-corrected chi connectivity index (χ3v) is 4.92. The first kappa shape index (κ1) is 21.2. The molecule has 0 radical (unpaired) electrons. The van der Waals surface area contributed by atoms with Crippen molar-refractivity contribution in [3.8, 4) is 17.2 Å². The number of aromatic hydroxyl groups is 1. The normalized spacial score (nSPS) is 11.9. The molecule has 1 unspecified atom stereocenters. The molecule has 3 rings (SSSR count). The first-order valence-corrected chi connectivity index (χ1v) is 9.96. The molecule has 30 heavy (non-hydrogen) atoms. The van der Waals surface area contributed by atoms with Gasteiger partial charge in [-0.25, -0.2) is 0 Å². The van der Waals surface area contributed by atoms with Gasteiger partial charge in [-0.05, 0) is 48.4 Å². The number of aliphatic imine (C=N–C) groups is 1. The van der Waals surface area contributed by atoms with Crippen LogP contribution in [0.3, 0.4) is 0 Å². The van der Waals surface area contributed by atoms with Crippen LogP contribution in [-0.2, 0) is 0 Å². The van der Waals surface area contributed by atoms with Crippen LogP contribution in [0.25, 0.3) is 0 Å². The van der Waals surface area contributed by atoms with Crippen molar-refractivity contribution < 1.29 is 14.6 Å². The second kappa shape index (κ2) is 10.3. The maximum atomic E-state index is 10.9. The van der Waals surface area contributed by atoms with Gasteiger partial charge < -0.3 is 14.6 Å². The minimum absolute atomic E-state index is 0.0143. The van der Waals surface area contributed by atoms with Gasteiger partial charge in [-0.15, -0.1) is 6.58 Å². The van der Waals surface area contributed by atoms with Crippen molar-refractivity contribution in [1.82, 2.24) is 0 Å². The Labute approximate surface area is 178 Å². The maximum Gasteiger partial charge on any atom is 0.128 e. The topological polar surface area (TPSA) is 51.0 Å². The molecule has 1 N–H and O–H groups in total. The number of benzene rings is 3. The highest BCUT2D eigenvalue weighted by atomic mass is 16.5. The summed E-state index contributed by atoms with van der Waals surface area (Å²) in [5.74, 6) is 1.69. The van der Waals surface area contributed by atoms with Gasteiger partial charge in [0, 0.05) is 23.3 Å². The maximum absolute atomic E-state index is 10.9. The minimum Gasteiger partial charge on any atom is -0.507 e. The molecule has 1 atom stereocenters. The lowest BCUT2D eigenvalue weighted by molar-refractivity contribution is 0.325. The van der Waals surface area contributed by atoms with Gasteiger partial charge in [0.25, 0.3) is 0 Å².